The van der Waals surface area contributed by atoms with Gasteiger partial charge >= 0.3 is 0 Å². The normalized spacial score (nSPS) is 18.3. The predicted molar refractivity (Wildman–Crippen MR) is 73.4 cm³/mol. The molecular weight excluding hydrogens is 258 g/mol. The van der Waals surface area contributed by atoms with Crippen LogP contribution in [0.1, 0.15) is 27.2 Å². The number of ketones is 1. The van der Waals surface area contributed by atoms with Crippen molar-refractivity contribution in [2.24, 2.45) is 0 Å². The molecule has 0 radical (unpaired) electrons. The quantitative estimate of drug-likeness (QED) is 0.825. The lowest BCUT2D eigenvalue weighted by atomic mass is 10.2. The molecule has 0 aromatic heterocycles. The number of nitrogens with one attached hydrogen (secondary N) is 1. The van der Waals surface area contributed by atoms with E-state index < -0.39 is 0 Å². The number of hydrogen-bond donors (Lipinski definition) is 1. The second kappa shape index (κ2) is 9.53. The number of rotatable bonds is 5. The van der Waals surface area contributed by atoms with Gasteiger partial charge in [-0.15, -0.1) is 11.8 Å². The maximum absolute atomic E-state index is 11.3. The van der Waals surface area contributed by atoms with Crippen LogP contribution in [0.25, 0.3) is 0 Å². The molecular formula is C11H19NO3S2. The van der Waals surface area contributed by atoms with E-state index in [0.29, 0.717) is 12.2 Å². The summed E-state index contributed by atoms with van der Waals surface area (Å²) in [5, 5.41) is 2.70. The Morgan fingerprint density at radius 2 is 2.06 bits per heavy atom. The molecule has 98 valence electrons. The molecule has 1 aliphatic heterocycles. The first-order valence-corrected chi connectivity index (χ1v) is 7.77. The molecule has 1 saturated heterocycles. The number of carbonyl (C=O) groups excluding carboxylic acids is 3. The predicted octanol–water partition coefficient (Wildman–Crippen LogP) is 1.48. The lowest BCUT2D eigenvalue weighted by Gasteiger charge is -2.09. The van der Waals surface area contributed by atoms with Crippen LogP contribution in [0, 0.1) is 0 Å². The highest BCUT2D eigenvalue weighted by molar-refractivity contribution is 8.14. The Morgan fingerprint density at radius 1 is 1.41 bits per heavy atom. The van der Waals surface area contributed by atoms with Gasteiger partial charge in [0, 0.05) is 5.75 Å². The van der Waals surface area contributed by atoms with Crippen molar-refractivity contribution < 1.29 is 14.4 Å². The zero-order chi connectivity index (χ0) is 13.3. The zero-order valence-electron chi connectivity index (χ0n) is 10.4. The van der Waals surface area contributed by atoms with Crippen LogP contribution in [-0.4, -0.2) is 40.1 Å². The lowest BCUT2D eigenvalue weighted by Crippen LogP contribution is -2.38. The van der Waals surface area contributed by atoms with Crippen molar-refractivity contribution >= 4 is 40.3 Å². The number of thioether (sulfide) groups is 2. The second-order valence-electron chi connectivity index (χ2n) is 3.27. The molecule has 1 unspecified atom stereocenters. The van der Waals surface area contributed by atoms with E-state index in [2.05, 4.69) is 5.32 Å². The second-order valence-corrected chi connectivity index (χ2v) is 5.36. The van der Waals surface area contributed by atoms with E-state index in [1.54, 1.807) is 0 Å². The highest BCUT2D eigenvalue weighted by Gasteiger charge is 2.26. The molecule has 0 bridgehead atoms. The van der Waals surface area contributed by atoms with Gasteiger partial charge in [0.2, 0.25) is 11.0 Å². The van der Waals surface area contributed by atoms with Crippen molar-refractivity contribution in [1.82, 2.24) is 5.32 Å². The van der Waals surface area contributed by atoms with Crippen LogP contribution in [0.2, 0.25) is 0 Å². The van der Waals surface area contributed by atoms with Crippen LogP contribution in [0.5, 0.6) is 0 Å². The van der Waals surface area contributed by atoms with E-state index in [0.717, 1.165) is 5.75 Å². The summed E-state index contributed by atoms with van der Waals surface area (Å²) in [6.07, 6.45) is 0.715. The van der Waals surface area contributed by atoms with E-state index in [4.69, 9.17) is 0 Å². The average Bonchev–Trinajstić information content (AvgIpc) is 2.67. The summed E-state index contributed by atoms with van der Waals surface area (Å²) in [4.78, 5) is 33.1. The molecule has 1 fully saturated rings. The third kappa shape index (κ3) is 7.44. The number of carbonyl (C=O) groups is 3. The smallest absolute Gasteiger partial charge is 0.230 e. The van der Waals surface area contributed by atoms with Crippen LogP contribution >= 0.6 is 23.5 Å². The molecule has 6 heteroatoms. The number of Topliss-reactive ketones (excluding diaryl/α,β-unsaturated/α-hetero) is 1. The first kappa shape index (κ1) is 16.5. The van der Waals surface area contributed by atoms with Crippen molar-refractivity contribution in [3.8, 4) is 0 Å². The SMILES string of the molecule is CC.CC(=O)CSCC(=O)NC1CCSC1=O. The van der Waals surface area contributed by atoms with Crippen LogP contribution in [0.15, 0.2) is 0 Å². The third-order valence-electron chi connectivity index (χ3n) is 1.81. The first-order chi connectivity index (χ1) is 8.09. The maximum Gasteiger partial charge on any atom is 0.230 e. The van der Waals surface area contributed by atoms with E-state index in [1.165, 1.54) is 30.4 Å². The van der Waals surface area contributed by atoms with Gasteiger partial charge in [0.1, 0.15) is 5.78 Å². The molecule has 0 aliphatic carbocycles. The van der Waals surface area contributed by atoms with Crippen molar-refractivity contribution in [2.75, 3.05) is 17.3 Å². The summed E-state index contributed by atoms with van der Waals surface area (Å²) in [6.45, 7) is 5.49. The van der Waals surface area contributed by atoms with Gasteiger partial charge in [-0.25, -0.2) is 0 Å². The summed E-state index contributed by atoms with van der Waals surface area (Å²) < 4.78 is 0. The number of hydrogen-bond acceptors (Lipinski definition) is 5. The molecule has 1 rings (SSSR count). The summed E-state index contributed by atoms with van der Waals surface area (Å²) in [5.74, 6) is 1.27. The highest BCUT2D eigenvalue weighted by atomic mass is 32.2. The van der Waals surface area contributed by atoms with Gasteiger partial charge in [-0.05, 0) is 13.3 Å². The summed E-state index contributed by atoms with van der Waals surface area (Å²) in [5.41, 5.74) is 0. The standard InChI is InChI=1S/C9H13NO3S2.C2H6/c1-6(11)4-14-5-8(12)10-7-2-3-15-9(7)13;1-2/h7H,2-5H2,1H3,(H,10,12);1-2H3. The van der Waals surface area contributed by atoms with Gasteiger partial charge in [0.05, 0.1) is 17.5 Å². The Hall–Kier alpha value is -0.490. The van der Waals surface area contributed by atoms with Crippen LogP contribution in [0.3, 0.4) is 0 Å². The molecule has 0 aromatic rings. The maximum atomic E-state index is 11.3. The molecule has 4 nitrogen and oxygen atoms in total. The molecule has 0 spiro atoms. The van der Waals surface area contributed by atoms with Crippen LogP contribution in [0.4, 0.5) is 0 Å². The molecule has 0 saturated carbocycles. The van der Waals surface area contributed by atoms with Gasteiger partial charge in [-0.1, -0.05) is 25.6 Å². The van der Waals surface area contributed by atoms with Crippen molar-refractivity contribution in [2.45, 2.75) is 33.2 Å². The minimum absolute atomic E-state index is 0.0416. The van der Waals surface area contributed by atoms with Crippen molar-refractivity contribution in [1.29, 1.82) is 0 Å². The van der Waals surface area contributed by atoms with E-state index in [1.807, 2.05) is 13.8 Å². The fourth-order valence-corrected chi connectivity index (χ4v) is 2.74. The largest absolute Gasteiger partial charge is 0.345 e. The zero-order valence-corrected chi connectivity index (χ0v) is 12.1. The molecule has 0 aromatic carbocycles. The molecule has 1 atom stereocenters. The Balaban J connectivity index is 0.00000121. The Kier molecular flexibility index (Phi) is 9.26. The Morgan fingerprint density at radius 3 is 2.53 bits per heavy atom. The van der Waals surface area contributed by atoms with Crippen molar-refractivity contribution in [3.63, 3.8) is 0 Å². The minimum atomic E-state index is -0.319. The minimum Gasteiger partial charge on any atom is -0.345 e. The summed E-state index contributed by atoms with van der Waals surface area (Å²) in [6, 6.07) is -0.319. The monoisotopic (exact) mass is 277 g/mol. The van der Waals surface area contributed by atoms with Crippen molar-refractivity contribution in [3.05, 3.63) is 0 Å². The fourth-order valence-electron chi connectivity index (χ4n) is 1.15. The Bertz CT molecular complexity index is 282. The van der Waals surface area contributed by atoms with Gasteiger partial charge in [-0.3, -0.25) is 14.4 Å². The van der Waals surface area contributed by atoms with E-state index in [-0.39, 0.29) is 28.6 Å². The molecule has 17 heavy (non-hydrogen) atoms. The van der Waals surface area contributed by atoms with E-state index >= 15 is 0 Å². The Labute approximate surface area is 111 Å². The summed E-state index contributed by atoms with van der Waals surface area (Å²) >= 11 is 2.54. The number of amides is 1. The fraction of sp³-hybridized carbons (Fsp3) is 0.727. The van der Waals surface area contributed by atoms with Gasteiger partial charge < -0.3 is 5.32 Å². The average molecular weight is 277 g/mol. The van der Waals surface area contributed by atoms with Crippen LogP contribution in [-0.2, 0) is 14.4 Å². The molecule has 1 aliphatic rings. The first-order valence-electron chi connectivity index (χ1n) is 5.63. The molecule has 1 N–H and O–H groups in total. The topological polar surface area (TPSA) is 63.2 Å². The van der Waals surface area contributed by atoms with E-state index in [9.17, 15) is 14.4 Å². The van der Waals surface area contributed by atoms with Gasteiger partial charge in [0.25, 0.3) is 0 Å². The molecule has 1 amide bonds. The third-order valence-corrected chi connectivity index (χ3v) is 3.89. The lowest BCUT2D eigenvalue weighted by molar-refractivity contribution is -0.122. The molecule has 1 heterocycles. The summed E-state index contributed by atoms with van der Waals surface area (Å²) in [7, 11) is 0. The van der Waals surface area contributed by atoms with Gasteiger partial charge in [0.15, 0.2) is 0 Å². The van der Waals surface area contributed by atoms with Gasteiger partial charge in [-0.2, -0.15) is 0 Å². The highest BCUT2D eigenvalue weighted by Crippen LogP contribution is 2.19. The van der Waals surface area contributed by atoms with Crippen LogP contribution < -0.4 is 5.32 Å².